The molecule has 0 saturated heterocycles. The highest BCUT2D eigenvalue weighted by Crippen LogP contribution is 2.15. The summed E-state index contributed by atoms with van der Waals surface area (Å²) in [6.07, 6.45) is 0.0500. The molecule has 1 rings (SSSR count). The van der Waals surface area contributed by atoms with Crippen molar-refractivity contribution in [2.24, 2.45) is 0 Å². The second kappa shape index (κ2) is 5.46. The SMILES string of the molecule is CC(O)CCNc1ccc(C(=O)O)cc1F. The van der Waals surface area contributed by atoms with Gasteiger partial charge < -0.3 is 15.5 Å². The standard InChI is InChI=1S/C11H14FNO3/c1-7(14)4-5-13-10-3-2-8(11(15)16)6-9(10)12/h2-3,6-7,13-14H,4-5H2,1H3,(H,15,16). The molecule has 0 aliphatic carbocycles. The number of aromatic carboxylic acids is 1. The fraction of sp³-hybridized carbons (Fsp3) is 0.364. The third-order valence-electron chi connectivity index (χ3n) is 2.09. The number of aliphatic hydroxyl groups excluding tert-OH is 1. The van der Waals surface area contributed by atoms with Gasteiger partial charge in [-0.1, -0.05) is 0 Å². The van der Waals surface area contributed by atoms with E-state index in [1.165, 1.54) is 12.1 Å². The maximum Gasteiger partial charge on any atom is 0.335 e. The third-order valence-corrected chi connectivity index (χ3v) is 2.09. The molecule has 0 aliphatic rings. The smallest absolute Gasteiger partial charge is 0.335 e. The van der Waals surface area contributed by atoms with Crippen molar-refractivity contribution in [1.29, 1.82) is 0 Å². The Kier molecular flexibility index (Phi) is 4.25. The zero-order valence-corrected chi connectivity index (χ0v) is 8.90. The lowest BCUT2D eigenvalue weighted by molar-refractivity contribution is 0.0696. The topological polar surface area (TPSA) is 69.6 Å². The minimum absolute atomic E-state index is 0.0847. The molecule has 0 fully saturated rings. The van der Waals surface area contributed by atoms with Gasteiger partial charge in [-0.2, -0.15) is 0 Å². The van der Waals surface area contributed by atoms with Crippen molar-refractivity contribution in [3.63, 3.8) is 0 Å². The van der Waals surface area contributed by atoms with Crippen LogP contribution in [0.2, 0.25) is 0 Å². The first kappa shape index (κ1) is 12.4. The molecule has 0 bridgehead atoms. The number of hydrogen-bond acceptors (Lipinski definition) is 3. The fourth-order valence-corrected chi connectivity index (χ4v) is 1.21. The molecular formula is C11H14FNO3. The van der Waals surface area contributed by atoms with Crippen LogP contribution in [0.15, 0.2) is 18.2 Å². The van der Waals surface area contributed by atoms with E-state index in [1.54, 1.807) is 6.92 Å². The number of nitrogens with one attached hydrogen (secondary N) is 1. The van der Waals surface area contributed by atoms with Crippen LogP contribution in [-0.2, 0) is 0 Å². The summed E-state index contributed by atoms with van der Waals surface area (Å²) < 4.78 is 13.3. The molecule has 0 aromatic heterocycles. The van der Waals surface area contributed by atoms with Crippen LogP contribution in [0.4, 0.5) is 10.1 Å². The van der Waals surface area contributed by atoms with Crippen molar-refractivity contribution in [1.82, 2.24) is 0 Å². The Labute approximate surface area is 92.7 Å². The Hall–Kier alpha value is -1.62. The normalized spacial score (nSPS) is 12.2. The molecule has 0 spiro atoms. The number of anilines is 1. The van der Waals surface area contributed by atoms with Crippen LogP contribution in [0, 0.1) is 5.82 Å². The van der Waals surface area contributed by atoms with Crippen molar-refractivity contribution < 1.29 is 19.4 Å². The van der Waals surface area contributed by atoms with Crippen molar-refractivity contribution in [2.45, 2.75) is 19.4 Å². The zero-order chi connectivity index (χ0) is 12.1. The Bertz CT molecular complexity index is 379. The minimum atomic E-state index is -1.16. The zero-order valence-electron chi connectivity index (χ0n) is 8.90. The molecule has 88 valence electrons. The number of aliphatic hydroxyl groups is 1. The molecule has 1 aromatic carbocycles. The second-order valence-electron chi connectivity index (χ2n) is 3.56. The van der Waals surface area contributed by atoms with E-state index in [0.717, 1.165) is 6.07 Å². The van der Waals surface area contributed by atoms with Crippen molar-refractivity contribution in [2.75, 3.05) is 11.9 Å². The van der Waals surface area contributed by atoms with Gasteiger partial charge in [0.05, 0.1) is 17.4 Å². The maximum atomic E-state index is 13.3. The monoisotopic (exact) mass is 227 g/mol. The van der Waals surface area contributed by atoms with Crippen molar-refractivity contribution in [3.05, 3.63) is 29.6 Å². The minimum Gasteiger partial charge on any atom is -0.478 e. The average molecular weight is 227 g/mol. The fourth-order valence-electron chi connectivity index (χ4n) is 1.21. The maximum absolute atomic E-state index is 13.3. The van der Waals surface area contributed by atoms with Gasteiger partial charge in [0.25, 0.3) is 0 Å². The first-order valence-corrected chi connectivity index (χ1v) is 4.95. The second-order valence-corrected chi connectivity index (χ2v) is 3.56. The van der Waals surface area contributed by atoms with Gasteiger partial charge in [0.15, 0.2) is 0 Å². The van der Waals surface area contributed by atoms with E-state index in [9.17, 15) is 9.18 Å². The van der Waals surface area contributed by atoms with E-state index in [2.05, 4.69) is 5.32 Å². The molecule has 16 heavy (non-hydrogen) atoms. The molecular weight excluding hydrogens is 213 g/mol. The highest BCUT2D eigenvalue weighted by molar-refractivity contribution is 5.88. The average Bonchev–Trinajstić information content (AvgIpc) is 2.19. The largest absolute Gasteiger partial charge is 0.478 e. The van der Waals surface area contributed by atoms with Crippen LogP contribution in [0.1, 0.15) is 23.7 Å². The Morgan fingerprint density at radius 1 is 1.56 bits per heavy atom. The van der Waals surface area contributed by atoms with Gasteiger partial charge >= 0.3 is 5.97 Å². The number of benzene rings is 1. The van der Waals surface area contributed by atoms with E-state index in [-0.39, 0.29) is 11.3 Å². The summed E-state index contributed by atoms with van der Waals surface area (Å²) in [5.41, 5.74) is 0.157. The van der Waals surface area contributed by atoms with Gasteiger partial charge in [0, 0.05) is 6.54 Å². The van der Waals surface area contributed by atoms with Crippen LogP contribution >= 0.6 is 0 Å². The van der Waals surface area contributed by atoms with Crippen LogP contribution in [0.3, 0.4) is 0 Å². The molecule has 1 atom stereocenters. The number of carboxylic acids is 1. The van der Waals surface area contributed by atoms with Crippen LogP contribution in [0.25, 0.3) is 0 Å². The van der Waals surface area contributed by atoms with Gasteiger partial charge in [0.2, 0.25) is 0 Å². The van der Waals surface area contributed by atoms with E-state index < -0.39 is 17.9 Å². The van der Waals surface area contributed by atoms with E-state index in [0.29, 0.717) is 13.0 Å². The van der Waals surface area contributed by atoms with Gasteiger partial charge in [-0.05, 0) is 31.5 Å². The van der Waals surface area contributed by atoms with Crippen LogP contribution < -0.4 is 5.32 Å². The van der Waals surface area contributed by atoms with E-state index in [1.807, 2.05) is 0 Å². The summed E-state index contributed by atoms with van der Waals surface area (Å²) in [7, 11) is 0. The molecule has 0 radical (unpaired) electrons. The number of rotatable bonds is 5. The van der Waals surface area contributed by atoms with Crippen molar-refractivity contribution in [3.8, 4) is 0 Å². The number of halogens is 1. The van der Waals surface area contributed by atoms with Gasteiger partial charge in [-0.15, -0.1) is 0 Å². The summed E-state index contributed by atoms with van der Waals surface area (Å²) in [4.78, 5) is 10.5. The quantitative estimate of drug-likeness (QED) is 0.716. The first-order valence-electron chi connectivity index (χ1n) is 4.95. The summed E-state index contributed by atoms with van der Waals surface area (Å²) in [5.74, 6) is -1.76. The Morgan fingerprint density at radius 3 is 2.75 bits per heavy atom. The number of carboxylic acid groups (broad SMARTS) is 1. The van der Waals surface area contributed by atoms with Crippen LogP contribution in [0.5, 0.6) is 0 Å². The van der Waals surface area contributed by atoms with Crippen molar-refractivity contribution >= 4 is 11.7 Å². The van der Waals surface area contributed by atoms with Crippen LogP contribution in [-0.4, -0.2) is 28.8 Å². The summed E-state index contributed by atoms with van der Waals surface area (Å²) in [5, 5.41) is 20.4. The summed E-state index contributed by atoms with van der Waals surface area (Å²) in [6, 6.07) is 3.67. The molecule has 1 aromatic rings. The molecule has 1 unspecified atom stereocenters. The molecule has 0 aliphatic heterocycles. The molecule has 5 heteroatoms. The predicted molar refractivity (Wildman–Crippen MR) is 58.1 cm³/mol. The number of hydrogen-bond donors (Lipinski definition) is 3. The lowest BCUT2D eigenvalue weighted by atomic mass is 10.2. The molecule has 0 amide bonds. The van der Waals surface area contributed by atoms with Gasteiger partial charge in [-0.25, -0.2) is 9.18 Å². The lowest BCUT2D eigenvalue weighted by Crippen LogP contribution is -2.11. The summed E-state index contributed by atoms with van der Waals surface area (Å²) in [6.45, 7) is 2.08. The lowest BCUT2D eigenvalue weighted by Gasteiger charge is -2.09. The molecule has 4 nitrogen and oxygen atoms in total. The van der Waals surface area contributed by atoms with E-state index >= 15 is 0 Å². The summed E-state index contributed by atoms with van der Waals surface area (Å²) >= 11 is 0. The highest BCUT2D eigenvalue weighted by Gasteiger charge is 2.07. The third kappa shape index (κ3) is 3.51. The van der Waals surface area contributed by atoms with E-state index in [4.69, 9.17) is 10.2 Å². The molecule has 0 heterocycles. The highest BCUT2D eigenvalue weighted by atomic mass is 19.1. The van der Waals surface area contributed by atoms with Gasteiger partial charge in [-0.3, -0.25) is 0 Å². The number of carbonyl (C=O) groups is 1. The Morgan fingerprint density at radius 2 is 2.25 bits per heavy atom. The Balaban J connectivity index is 2.64. The molecule has 0 saturated carbocycles. The van der Waals surface area contributed by atoms with Gasteiger partial charge in [0.1, 0.15) is 5.82 Å². The first-order chi connectivity index (χ1) is 7.50. The predicted octanol–water partition coefficient (Wildman–Crippen LogP) is 1.71. The molecule has 3 N–H and O–H groups in total.